The van der Waals surface area contributed by atoms with E-state index in [4.69, 9.17) is 6.42 Å². The number of carbonyl (C=O) groups excluding carboxylic acids is 3. The van der Waals surface area contributed by atoms with E-state index in [1.807, 2.05) is 30.3 Å². The molecule has 1 atom stereocenters. The number of terminal acetylenes is 1. The van der Waals surface area contributed by atoms with Gasteiger partial charge >= 0.3 is 0 Å². The molecule has 3 amide bonds. The van der Waals surface area contributed by atoms with E-state index in [0.29, 0.717) is 19.3 Å². The monoisotopic (exact) mass is 366 g/mol. The van der Waals surface area contributed by atoms with Crippen molar-refractivity contribution in [1.29, 1.82) is 0 Å². The molecular weight excluding hydrogens is 344 g/mol. The number of benzene rings is 1. The molecule has 7 nitrogen and oxygen atoms in total. The number of rotatable bonds is 8. The lowest BCUT2D eigenvalue weighted by atomic mass is 10.0. The molecule has 0 radical (unpaired) electrons. The third kappa shape index (κ3) is 4.22. The summed E-state index contributed by atoms with van der Waals surface area (Å²) in [5.41, 5.74) is 0.346. The lowest BCUT2D eigenvalue weighted by Crippen LogP contribution is -2.43. The van der Waals surface area contributed by atoms with Crippen molar-refractivity contribution in [3.05, 3.63) is 35.9 Å². The average Bonchev–Trinajstić information content (AvgIpc) is 3.41. The number of likely N-dealkylation sites (tertiary alicyclic amines) is 1. The second kappa shape index (κ2) is 7.70. The van der Waals surface area contributed by atoms with Crippen LogP contribution in [0.4, 0.5) is 0 Å². The Balaban J connectivity index is 1.56. The van der Waals surface area contributed by atoms with Crippen molar-refractivity contribution < 1.29 is 14.4 Å². The zero-order valence-electron chi connectivity index (χ0n) is 15.3. The standard InChI is InChI=1S/C20H22N4O3/c1-3-4-11-20(21-22-20)12-10-17(25)23(2)16-13-18(26)24(19(16)27)14-15-8-6-5-7-9-15/h1,5-9,16H,4,10-14H2,2H3. The molecule has 0 N–H and O–H groups in total. The van der Waals surface area contributed by atoms with Gasteiger partial charge in [0.05, 0.1) is 13.0 Å². The van der Waals surface area contributed by atoms with Crippen molar-refractivity contribution in [1.82, 2.24) is 9.80 Å². The first kappa shape index (κ1) is 18.8. The van der Waals surface area contributed by atoms with Gasteiger partial charge in [0.2, 0.25) is 11.8 Å². The summed E-state index contributed by atoms with van der Waals surface area (Å²) in [4.78, 5) is 40.1. The second-order valence-electron chi connectivity index (χ2n) is 6.91. The van der Waals surface area contributed by atoms with Gasteiger partial charge in [-0.1, -0.05) is 30.3 Å². The van der Waals surface area contributed by atoms with Crippen LogP contribution in [0.25, 0.3) is 0 Å². The van der Waals surface area contributed by atoms with Gasteiger partial charge in [0.15, 0.2) is 5.66 Å². The highest BCUT2D eigenvalue weighted by Crippen LogP contribution is 2.37. The first-order chi connectivity index (χ1) is 13.0. The predicted octanol–water partition coefficient (Wildman–Crippen LogP) is 2.13. The first-order valence-electron chi connectivity index (χ1n) is 8.97. The van der Waals surface area contributed by atoms with Gasteiger partial charge < -0.3 is 4.90 Å². The Bertz CT molecular complexity index is 806. The number of hydrogen-bond donors (Lipinski definition) is 0. The lowest BCUT2D eigenvalue weighted by Gasteiger charge is -2.23. The van der Waals surface area contributed by atoms with Gasteiger partial charge in [-0.25, -0.2) is 0 Å². The van der Waals surface area contributed by atoms with Crippen molar-refractivity contribution in [3.63, 3.8) is 0 Å². The lowest BCUT2D eigenvalue weighted by molar-refractivity contribution is -0.143. The molecule has 3 rings (SSSR count). The molecule has 1 saturated heterocycles. The Labute approximate surface area is 158 Å². The van der Waals surface area contributed by atoms with Gasteiger partial charge in [-0.15, -0.1) is 12.3 Å². The fourth-order valence-corrected chi connectivity index (χ4v) is 3.23. The number of nitrogens with zero attached hydrogens (tertiary/aromatic N) is 4. The minimum absolute atomic E-state index is 0.0187. The Morgan fingerprint density at radius 3 is 2.63 bits per heavy atom. The number of imide groups is 1. The van der Waals surface area contributed by atoms with Crippen LogP contribution in [0.1, 0.15) is 37.7 Å². The Morgan fingerprint density at radius 2 is 2.00 bits per heavy atom. The van der Waals surface area contributed by atoms with Gasteiger partial charge in [0, 0.05) is 32.7 Å². The minimum atomic E-state index is -0.747. The third-order valence-corrected chi connectivity index (χ3v) is 5.06. The van der Waals surface area contributed by atoms with Crippen LogP contribution in [0.2, 0.25) is 0 Å². The van der Waals surface area contributed by atoms with Crippen LogP contribution >= 0.6 is 0 Å². The fraction of sp³-hybridized carbons (Fsp3) is 0.450. The van der Waals surface area contributed by atoms with Crippen LogP contribution in [0, 0.1) is 12.3 Å². The van der Waals surface area contributed by atoms with Gasteiger partial charge in [-0.2, -0.15) is 10.2 Å². The maximum atomic E-state index is 12.7. The minimum Gasteiger partial charge on any atom is -0.333 e. The van der Waals surface area contributed by atoms with E-state index in [-0.39, 0.29) is 37.1 Å². The van der Waals surface area contributed by atoms with Crippen molar-refractivity contribution >= 4 is 17.7 Å². The van der Waals surface area contributed by atoms with Crippen molar-refractivity contribution in [2.45, 2.75) is 50.4 Å². The van der Waals surface area contributed by atoms with Gasteiger partial charge in [0.25, 0.3) is 5.91 Å². The Hall–Kier alpha value is -3.01. The maximum Gasteiger partial charge on any atom is 0.252 e. The van der Waals surface area contributed by atoms with E-state index in [9.17, 15) is 14.4 Å². The smallest absolute Gasteiger partial charge is 0.252 e. The average molecular weight is 366 g/mol. The SMILES string of the molecule is C#CCCC1(CCC(=O)N(C)C2CC(=O)N(Cc3ccccc3)C2=O)N=N1. The molecular formula is C20H22N4O3. The van der Waals surface area contributed by atoms with E-state index in [1.165, 1.54) is 9.80 Å². The summed E-state index contributed by atoms with van der Waals surface area (Å²) < 4.78 is 0. The van der Waals surface area contributed by atoms with Crippen LogP contribution in [0.3, 0.4) is 0 Å². The number of likely N-dealkylation sites (N-methyl/N-ethyl adjacent to an activating group) is 1. The highest BCUT2D eigenvalue weighted by atomic mass is 16.2. The van der Waals surface area contributed by atoms with Crippen molar-refractivity contribution in [3.8, 4) is 12.3 Å². The summed E-state index contributed by atoms with van der Waals surface area (Å²) in [5.74, 6) is 1.77. The summed E-state index contributed by atoms with van der Waals surface area (Å²) in [5, 5.41) is 8.03. The van der Waals surface area contributed by atoms with Crippen LogP contribution < -0.4 is 0 Å². The summed E-state index contributed by atoms with van der Waals surface area (Å²) in [7, 11) is 1.57. The molecule has 1 aromatic carbocycles. The van der Waals surface area contributed by atoms with Crippen LogP contribution in [0.15, 0.2) is 40.6 Å². The summed E-state index contributed by atoms with van der Waals surface area (Å²) >= 11 is 0. The van der Waals surface area contributed by atoms with Crippen LogP contribution in [-0.4, -0.2) is 46.3 Å². The first-order valence-corrected chi connectivity index (χ1v) is 8.97. The normalized spacial score (nSPS) is 19.9. The highest BCUT2D eigenvalue weighted by molar-refractivity contribution is 6.06. The van der Waals surface area contributed by atoms with E-state index in [2.05, 4.69) is 16.1 Å². The van der Waals surface area contributed by atoms with Crippen LogP contribution in [-0.2, 0) is 20.9 Å². The predicted molar refractivity (Wildman–Crippen MR) is 98.1 cm³/mol. The molecule has 1 aromatic rings. The summed E-state index contributed by atoms with van der Waals surface area (Å²) in [6, 6.07) is 8.57. The number of amides is 3. The van der Waals surface area contributed by atoms with Crippen molar-refractivity contribution in [2.24, 2.45) is 10.2 Å². The molecule has 0 bridgehead atoms. The molecule has 140 valence electrons. The molecule has 2 aliphatic rings. The third-order valence-electron chi connectivity index (χ3n) is 5.06. The quantitative estimate of drug-likeness (QED) is 0.522. The molecule has 2 heterocycles. The molecule has 0 aromatic heterocycles. The highest BCUT2D eigenvalue weighted by Gasteiger charge is 2.43. The van der Waals surface area contributed by atoms with E-state index >= 15 is 0 Å². The Morgan fingerprint density at radius 1 is 1.30 bits per heavy atom. The Kier molecular flexibility index (Phi) is 5.36. The molecule has 0 saturated carbocycles. The molecule has 1 fully saturated rings. The molecule has 2 aliphatic heterocycles. The number of hydrogen-bond acceptors (Lipinski definition) is 5. The molecule has 0 spiro atoms. The van der Waals surface area contributed by atoms with E-state index in [1.54, 1.807) is 7.05 Å². The maximum absolute atomic E-state index is 12.7. The van der Waals surface area contributed by atoms with Gasteiger partial charge in [0.1, 0.15) is 6.04 Å². The van der Waals surface area contributed by atoms with Gasteiger partial charge in [-0.05, 0) is 5.56 Å². The van der Waals surface area contributed by atoms with E-state index in [0.717, 1.165) is 5.56 Å². The molecule has 1 unspecified atom stereocenters. The molecule has 0 aliphatic carbocycles. The zero-order chi connectivity index (χ0) is 19.4. The fourth-order valence-electron chi connectivity index (χ4n) is 3.23. The molecule has 27 heavy (non-hydrogen) atoms. The van der Waals surface area contributed by atoms with Crippen molar-refractivity contribution in [2.75, 3.05) is 7.05 Å². The second-order valence-corrected chi connectivity index (χ2v) is 6.91. The van der Waals surface area contributed by atoms with Crippen LogP contribution in [0.5, 0.6) is 0 Å². The summed E-state index contributed by atoms with van der Waals surface area (Å²) in [6.07, 6.45) is 7.16. The largest absolute Gasteiger partial charge is 0.333 e. The summed E-state index contributed by atoms with van der Waals surface area (Å²) in [6.45, 7) is 0.226. The zero-order valence-corrected chi connectivity index (χ0v) is 15.3. The topological polar surface area (TPSA) is 82.4 Å². The number of carbonyl (C=O) groups is 3. The van der Waals surface area contributed by atoms with Gasteiger partial charge in [-0.3, -0.25) is 19.3 Å². The van der Waals surface area contributed by atoms with E-state index < -0.39 is 11.7 Å². The molecule has 7 heteroatoms.